The van der Waals surface area contributed by atoms with Crippen molar-refractivity contribution in [2.45, 2.75) is 13.0 Å². The van der Waals surface area contributed by atoms with Crippen molar-refractivity contribution in [2.24, 2.45) is 0 Å². The van der Waals surface area contributed by atoms with Gasteiger partial charge >= 0.3 is 0 Å². The fourth-order valence-electron chi connectivity index (χ4n) is 2.08. The predicted octanol–water partition coefficient (Wildman–Crippen LogP) is 4.31. The molecule has 1 unspecified atom stereocenters. The van der Waals surface area contributed by atoms with E-state index >= 15 is 0 Å². The summed E-state index contributed by atoms with van der Waals surface area (Å²) in [6, 6.07) is 8.24. The fraction of sp³-hybridized carbons (Fsp3) is 0.267. The first-order valence-corrected chi connectivity index (χ1v) is 7.94. The average Bonchev–Trinajstić information content (AvgIpc) is 2.43. The summed E-state index contributed by atoms with van der Waals surface area (Å²) < 4.78 is 7.61. The van der Waals surface area contributed by atoms with Gasteiger partial charge < -0.3 is 10.1 Å². The van der Waals surface area contributed by atoms with E-state index in [0.717, 1.165) is 25.8 Å². The Morgan fingerprint density at radius 2 is 2.05 bits per heavy atom. The summed E-state index contributed by atoms with van der Waals surface area (Å²) in [6.07, 6.45) is 3.59. The van der Waals surface area contributed by atoms with Crippen LogP contribution in [0.3, 0.4) is 0 Å². The lowest BCUT2D eigenvalue weighted by Crippen LogP contribution is -2.18. The number of nitrogens with one attached hydrogen (secondary N) is 1. The second-order valence-corrected chi connectivity index (χ2v) is 6.04. The highest BCUT2D eigenvalue weighted by Gasteiger charge is 2.16. The second-order valence-electron chi connectivity index (χ2n) is 4.27. The van der Waals surface area contributed by atoms with E-state index in [-0.39, 0.29) is 6.04 Å². The summed E-state index contributed by atoms with van der Waals surface area (Å²) in [5.74, 6) is 0.790. The molecule has 0 aliphatic carbocycles. The van der Waals surface area contributed by atoms with Crippen molar-refractivity contribution in [3.05, 3.63) is 56.7 Å². The summed E-state index contributed by atoms with van der Waals surface area (Å²) in [6.45, 7) is 2.60. The number of nitrogens with zero attached hydrogens (tertiary/aromatic N) is 1. The van der Waals surface area contributed by atoms with E-state index in [1.165, 1.54) is 0 Å². The van der Waals surface area contributed by atoms with Gasteiger partial charge in [0.2, 0.25) is 0 Å². The molecule has 0 spiro atoms. The molecule has 20 heavy (non-hydrogen) atoms. The van der Waals surface area contributed by atoms with Crippen LogP contribution in [0.1, 0.15) is 24.1 Å². The van der Waals surface area contributed by atoms with Crippen LogP contribution >= 0.6 is 31.9 Å². The first kappa shape index (κ1) is 15.5. The monoisotopic (exact) mass is 398 g/mol. The van der Waals surface area contributed by atoms with Gasteiger partial charge in [-0.2, -0.15) is 0 Å². The zero-order valence-corrected chi connectivity index (χ0v) is 14.5. The fourth-order valence-corrected chi connectivity index (χ4v) is 3.35. The lowest BCUT2D eigenvalue weighted by molar-refractivity contribution is 0.338. The van der Waals surface area contributed by atoms with Crippen molar-refractivity contribution in [2.75, 3.05) is 13.7 Å². The van der Waals surface area contributed by atoms with E-state index in [1.54, 1.807) is 6.20 Å². The third kappa shape index (κ3) is 3.59. The lowest BCUT2D eigenvalue weighted by Gasteiger charge is -2.19. The first-order chi connectivity index (χ1) is 9.65. The third-order valence-electron chi connectivity index (χ3n) is 2.94. The Hall–Kier alpha value is -0.910. The Morgan fingerprint density at radius 1 is 1.25 bits per heavy atom. The maximum atomic E-state index is 5.52. The molecule has 0 saturated carbocycles. The Morgan fingerprint density at radius 3 is 2.70 bits per heavy atom. The quantitative estimate of drug-likeness (QED) is 0.813. The van der Waals surface area contributed by atoms with Gasteiger partial charge in [0.1, 0.15) is 5.75 Å². The van der Waals surface area contributed by atoms with Crippen LogP contribution in [0.5, 0.6) is 5.75 Å². The van der Waals surface area contributed by atoms with Crippen molar-refractivity contribution < 1.29 is 4.74 Å². The van der Waals surface area contributed by atoms with Crippen molar-refractivity contribution in [3.63, 3.8) is 0 Å². The number of pyridine rings is 1. The Labute approximate surface area is 136 Å². The van der Waals surface area contributed by atoms with Gasteiger partial charge in [-0.1, -0.05) is 37.9 Å². The first-order valence-electron chi connectivity index (χ1n) is 6.35. The van der Waals surface area contributed by atoms with Crippen molar-refractivity contribution in [1.82, 2.24) is 10.3 Å². The highest BCUT2D eigenvalue weighted by atomic mass is 79.9. The standard InChI is InChI=1S/C15H16Br2N2O/c1-3-20-12-6-10(8-19-9-12)15(18-2)13-5-4-11(16)7-14(13)17/h4-9,15,18H,3H2,1-2H3. The minimum absolute atomic E-state index is 0.0605. The van der Waals surface area contributed by atoms with Gasteiger partial charge in [-0.25, -0.2) is 0 Å². The minimum atomic E-state index is 0.0605. The van der Waals surface area contributed by atoms with Crippen LogP contribution in [0.25, 0.3) is 0 Å². The summed E-state index contributed by atoms with van der Waals surface area (Å²) in [4.78, 5) is 4.26. The second kappa shape index (κ2) is 7.20. The molecule has 3 nitrogen and oxygen atoms in total. The number of benzene rings is 1. The molecule has 5 heteroatoms. The van der Waals surface area contributed by atoms with Crippen molar-refractivity contribution in [1.29, 1.82) is 0 Å². The molecule has 0 radical (unpaired) electrons. The number of hydrogen-bond acceptors (Lipinski definition) is 3. The van der Waals surface area contributed by atoms with Gasteiger partial charge in [0.25, 0.3) is 0 Å². The van der Waals surface area contributed by atoms with Gasteiger partial charge in [-0.05, 0) is 43.3 Å². The molecule has 2 aromatic rings. The van der Waals surface area contributed by atoms with E-state index < -0.39 is 0 Å². The molecule has 0 saturated heterocycles. The zero-order chi connectivity index (χ0) is 14.5. The van der Waals surface area contributed by atoms with E-state index in [2.05, 4.69) is 48.2 Å². The molecule has 0 fully saturated rings. The Kier molecular flexibility index (Phi) is 5.57. The number of ether oxygens (including phenoxy) is 1. The van der Waals surface area contributed by atoms with Gasteiger partial charge in [0, 0.05) is 15.1 Å². The van der Waals surface area contributed by atoms with E-state index in [1.807, 2.05) is 38.4 Å². The van der Waals surface area contributed by atoms with Gasteiger partial charge in [0.05, 0.1) is 18.8 Å². The van der Waals surface area contributed by atoms with Crippen molar-refractivity contribution in [3.8, 4) is 5.75 Å². The predicted molar refractivity (Wildman–Crippen MR) is 88.2 cm³/mol. The highest BCUT2D eigenvalue weighted by molar-refractivity contribution is 9.11. The Bertz CT molecular complexity index is 590. The molecule has 0 aliphatic rings. The summed E-state index contributed by atoms with van der Waals surface area (Å²) in [7, 11) is 1.94. The molecule has 0 amide bonds. The van der Waals surface area contributed by atoms with Crippen LogP contribution in [0, 0.1) is 0 Å². The summed E-state index contributed by atoms with van der Waals surface area (Å²) in [5, 5.41) is 3.32. The molecule has 0 bridgehead atoms. The zero-order valence-electron chi connectivity index (χ0n) is 11.4. The van der Waals surface area contributed by atoms with Crippen LogP contribution in [0.15, 0.2) is 45.6 Å². The van der Waals surface area contributed by atoms with E-state index in [4.69, 9.17) is 4.74 Å². The van der Waals surface area contributed by atoms with Crippen LogP contribution < -0.4 is 10.1 Å². The van der Waals surface area contributed by atoms with Gasteiger partial charge in [-0.3, -0.25) is 4.98 Å². The summed E-state index contributed by atoms with van der Waals surface area (Å²) in [5.41, 5.74) is 2.23. The maximum absolute atomic E-state index is 5.52. The van der Waals surface area contributed by atoms with Gasteiger partial charge in [0.15, 0.2) is 0 Å². The number of rotatable bonds is 5. The molecule has 1 aromatic heterocycles. The normalized spacial score (nSPS) is 12.2. The molecule has 1 aromatic carbocycles. The largest absolute Gasteiger partial charge is 0.492 e. The van der Waals surface area contributed by atoms with Crippen LogP contribution in [-0.2, 0) is 0 Å². The molecule has 1 heterocycles. The number of hydrogen-bond donors (Lipinski definition) is 1. The van der Waals surface area contributed by atoms with Crippen molar-refractivity contribution >= 4 is 31.9 Å². The SMILES string of the molecule is CCOc1cncc(C(NC)c2ccc(Br)cc2Br)c1. The number of halogens is 2. The number of aromatic nitrogens is 1. The van der Waals surface area contributed by atoms with E-state index in [9.17, 15) is 0 Å². The topological polar surface area (TPSA) is 34.1 Å². The molecule has 0 aliphatic heterocycles. The molecular weight excluding hydrogens is 384 g/mol. The van der Waals surface area contributed by atoms with E-state index in [0.29, 0.717) is 6.61 Å². The molecular formula is C15H16Br2N2O. The third-order valence-corrected chi connectivity index (χ3v) is 4.12. The average molecular weight is 400 g/mol. The van der Waals surface area contributed by atoms with Gasteiger partial charge in [-0.15, -0.1) is 0 Å². The lowest BCUT2D eigenvalue weighted by atomic mass is 10.0. The molecule has 1 atom stereocenters. The molecule has 106 valence electrons. The summed E-state index contributed by atoms with van der Waals surface area (Å²) >= 11 is 7.09. The minimum Gasteiger partial charge on any atom is -0.492 e. The van der Waals surface area contributed by atoms with Crippen LogP contribution in [-0.4, -0.2) is 18.6 Å². The molecule has 1 N–H and O–H groups in total. The van der Waals surface area contributed by atoms with Crippen LogP contribution in [0.2, 0.25) is 0 Å². The molecule has 2 rings (SSSR count). The maximum Gasteiger partial charge on any atom is 0.137 e. The highest BCUT2D eigenvalue weighted by Crippen LogP contribution is 2.31. The Balaban J connectivity index is 2.38. The van der Waals surface area contributed by atoms with Crippen LogP contribution in [0.4, 0.5) is 0 Å². The smallest absolute Gasteiger partial charge is 0.137 e.